The van der Waals surface area contributed by atoms with E-state index in [0.29, 0.717) is 49.3 Å². The number of ether oxygens (including phenoxy) is 1. The number of unbranched alkanes of at least 4 members (excludes halogenated alkanes) is 2. The van der Waals surface area contributed by atoms with Crippen molar-refractivity contribution in [2.75, 3.05) is 43.1 Å². The number of likely N-dealkylation sites (N-methyl/N-ethyl adjacent to an activating group) is 1. The van der Waals surface area contributed by atoms with Gasteiger partial charge in [-0.05, 0) is 57.9 Å². The first-order chi connectivity index (χ1) is 21.4. The molecule has 0 radical (unpaired) electrons. The molecule has 1 heterocycles. The Kier molecular flexibility index (Phi) is 13.0. The average molecular weight is 625 g/mol. The molecule has 45 heavy (non-hydrogen) atoms. The number of anilines is 3. The minimum Gasteiger partial charge on any atom is -0.485 e. The fourth-order valence-electron chi connectivity index (χ4n) is 5.05. The number of amides is 5. The quantitative estimate of drug-likeness (QED) is 0.165. The van der Waals surface area contributed by atoms with Crippen molar-refractivity contribution < 1.29 is 29.0 Å². The largest absolute Gasteiger partial charge is 0.485 e. The molecule has 12 heteroatoms. The van der Waals surface area contributed by atoms with Gasteiger partial charge in [0, 0.05) is 38.4 Å². The molecule has 6 N–H and O–H groups in total. The van der Waals surface area contributed by atoms with Crippen LogP contribution in [-0.2, 0) is 9.59 Å². The van der Waals surface area contributed by atoms with Crippen molar-refractivity contribution in [3.63, 3.8) is 0 Å². The van der Waals surface area contributed by atoms with E-state index in [0.717, 1.165) is 0 Å². The summed E-state index contributed by atoms with van der Waals surface area (Å²) < 4.78 is 6.47. The fourth-order valence-corrected chi connectivity index (χ4v) is 5.05. The van der Waals surface area contributed by atoms with Gasteiger partial charge >= 0.3 is 6.03 Å². The summed E-state index contributed by atoms with van der Waals surface area (Å²) in [6.07, 6.45) is 1.87. The Morgan fingerprint density at radius 2 is 1.62 bits per heavy atom. The van der Waals surface area contributed by atoms with Crippen molar-refractivity contribution in [1.29, 1.82) is 0 Å². The van der Waals surface area contributed by atoms with Crippen molar-refractivity contribution in [1.82, 2.24) is 15.1 Å². The number of para-hydroxylation sites is 3. The average Bonchev–Trinajstić information content (AvgIpc) is 2.99. The zero-order valence-electron chi connectivity index (χ0n) is 27.0. The summed E-state index contributed by atoms with van der Waals surface area (Å²) in [6, 6.07) is 11.3. The predicted octanol–water partition coefficient (Wildman–Crippen LogP) is 4.07. The maximum atomic E-state index is 13.7. The number of nitrogens with one attached hydrogen (secondary N) is 3. The van der Waals surface area contributed by atoms with Crippen LogP contribution in [0.15, 0.2) is 42.5 Å². The molecular weight excluding hydrogens is 576 g/mol. The van der Waals surface area contributed by atoms with E-state index in [1.165, 1.54) is 0 Å². The molecule has 0 saturated carbocycles. The number of carbonyl (C=O) groups is 4. The molecule has 1 aliphatic rings. The number of aliphatic hydroxyl groups is 1. The van der Waals surface area contributed by atoms with Crippen LogP contribution in [0.2, 0.25) is 0 Å². The number of carbonyl (C=O) groups excluding carboxylic acids is 4. The second kappa shape index (κ2) is 16.7. The van der Waals surface area contributed by atoms with E-state index in [1.807, 2.05) is 20.8 Å². The van der Waals surface area contributed by atoms with Crippen molar-refractivity contribution in [2.24, 2.45) is 5.92 Å². The summed E-state index contributed by atoms with van der Waals surface area (Å²) >= 11 is 0. The number of nitrogens with zero attached hydrogens (tertiary/aromatic N) is 2. The zero-order chi connectivity index (χ0) is 33.1. The van der Waals surface area contributed by atoms with E-state index in [2.05, 4.69) is 16.0 Å². The lowest BCUT2D eigenvalue weighted by molar-refractivity contribution is -0.116. The molecule has 0 aliphatic carbocycles. The molecule has 246 valence electrons. The van der Waals surface area contributed by atoms with Gasteiger partial charge in [-0.25, -0.2) is 4.79 Å². The van der Waals surface area contributed by atoms with Gasteiger partial charge in [0.25, 0.3) is 5.91 Å². The first-order valence-electron chi connectivity index (χ1n) is 15.6. The normalized spacial score (nSPS) is 17.0. The Hall–Kier alpha value is -4.32. The number of benzene rings is 2. The second-order valence-corrected chi connectivity index (χ2v) is 12.0. The van der Waals surface area contributed by atoms with Gasteiger partial charge in [-0.3, -0.25) is 14.4 Å². The van der Waals surface area contributed by atoms with Crippen LogP contribution >= 0.6 is 0 Å². The molecule has 0 spiro atoms. The summed E-state index contributed by atoms with van der Waals surface area (Å²) in [4.78, 5) is 54.8. The Bertz CT molecular complexity index is 1330. The van der Waals surface area contributed by atoms with Gasteiger partial charge in [-0.1, -0.05) is 31.5 Å². The van der Waals surface area contributed by atoms with E-state index in [9.17, 15) is 24.3 Å². The van der Waals surface area contributed by atoms with E-state index in [1.54, 1.807) is 66.2 Å². The molecule has 2 aromatic rings. The van der Waals surface area contributed by atoms with Crippen molar-refractivity contribution in [3.05, 3.63) is 48.0 Å². The highest BCUT2D eigenvalue weighted by molar-refractivity contribution is 6.01. The first kappa shape index (κ1) is 35.2. The Balaban J connectivity index is 1.68. The third kappa shape index (κ3) is 10.1. The van der Waals surface area contributed by atoms with Crippen molar-refractivity contribution >= 4 is 40.8 Å². The van der Waals surface area contributed by atoms with Gasteiger partial charge in [0.15, 0.2) is 5.75 Å². The second-order valence-electron chi connectivity index (χ2n) is 12.0. The minimum atomic E-state index is -0.511. The van der Waals surface area contributed by atoms with E-state index in [4.69, 9.17) is 10.5 Å². The van der Waals surface area contributed by atoms with Crippen molar-refractivity contribution in [2.45, 2.75) is 78.0 Å². The predicted molar refractivity (Wildman–Crippen MR) is 175 cm³/mol. The monoisotopic (exact) mass is 624 g/mol. The number of hydrogen-bond donors (Lipinski definition) is 5. The lowest BCUT2D eigenvalue weighted by atomic mass is 9.99. The summed E-state index contributed by atoms with van der Waals surface area (Å²) in [5, 5.41) is 18.5. The smallest absolute Gasteiger partial charge is 0.317 e. The Morgan fingerprint density at radius 3 is 2.24 bits per heavy atom. The van der Waals surface area contributed by atoms with Crippen LogP contribution in [0.1, 0.15) is 70.2 Å². The molecule has 5 amide bonds. The van der Waals surface area contributed by atoms with Gasteiger partial charge < -0.3 is 41.3 Å². The summed E-state index contributed by atoms with van der Waals surface area (Å²) in [5.74, 6) is -0.666. The molecule has 3 rings (SSSR count). The van der Waals surface area contributed by atoms with Crippen molar-refractivity contribution in [3.8, 4) is 5.75 Å². The van der Waals surface area contributed by atoms with E-state index < -0.39 is 12.1 Å². The standard InChI is InChI=1S/C33H48N6O6/c1-21(2)35-33(44)38(5)19-28-22(3)18-39(23(4)20-40)32(43)24-12-11-15-27(31(24)45-28)37-30(42)17-8-6-7-16-29(41)36-26-14-10-9-13-25(26)34/h9-15,21-23,28,40H,6-8,16-20,34H2,1-5H3,(H,35,44)(H,36,41)(H,37,42)/t22-,23+,28-/m1/s1. The number of hydrogen-bond acceptors (Lipinski definition) is 7. The highest BCUT2D eigenvalue weighted by Gasteiger charge is 2.35. The van der Waals surface area contributed by atoms with Gasteiger partial charge in [0.05, 0.1) is 41.8 Å². The number of nitrogens with two attached hydrogens (primary N) is 1. The van der Waals surface area contributed by atoms with Crippen LogP contribution in [0.25, 0.3) is 0 Å². The lowest BCUT2D eigenvalue weighted by Gasteiger charge is -2.38. The number of fused-ring (bicyclic) bond motifs is 1. The van der Waals surface area contributed by atoms with Crippen LogP contribution < -0.4 is 26.4 Å². The lowest BCUT2D eigenvalue weighted by Crippen LogP contribution is -2.51. The molecule has 0 bridgehead atoms. The molecule has 12 nitrogen and oxygen atoms in total. The van der Waals surface area contributed by atoms with Crippen LogP contribution in [0.4, 0.5) is 21.9 Å². The SMILES string of the molecule is CC(C)NC(=O)N(C)C[C@H]1Oc2c(NC(=O)CCCCCC(=O)Nc3ccccc3N)cccc2C(=O)N([C@@H](C)CO)C[C@H]1C. The fraction of sp³-hybridized carbons (Fsp3) is 0.515. The number of aliphatic hydroxyl groups excluding tert-OH is 1. The van der Waals surface area contributed by atoms with E-state index >= 15 is 0 Å². The maximum absolute atomic E-state index is 13.7. The van der Waals surface area contributed by atoms with Crippen LogP contribution in [0, 0.1) is 5.92 Å². The van der Waals surface area contributed by atoms with Gasteiger partial charge in [-0.15, -0.1) is 0 Å². The summed E-state index contributed by atoms with van der Waals surface area (Å²) in [7, 11) is 1.68. The third-order valence-electron chi connectivity index (χ3n) is 7.72. The molecule has 2 aromatic carbocycles. The molecular formula is C33H48N6O6. The zero-order valence-corrected chi connectivity index (χ0v) is 27.0. The Morgan fingerprint density at radius 1 is 1.00 bits per heavy atom. The topological polar surface area (TPSA) is 166 Å². The minimum absolute atomic E-state index is 0.0394. The highest BCUT2D eigenvalue weighted by Crippen LogP contribution is 2.35. The van der Waals surface area contributed by atoms with E-state index in [-0.39, 0.29) is 66.6 Å². The number of urea groups is 1. The highest BCUT2D eigenvalue weighted by atomic mass is 16.5. The van der Waals surface area contributed by atoms with Gasteiger partial charge in [-0.2, -0.15) is 0 Å². The number of nitrogen functional groups attached to an aromatic ring is 1. The molecule has 0 unspecified atom stereocenters. The molecule has 3 atom stereocenters. The summed E-state index contributed by atoms with van der Waals surface area (Å²) in [5.41, 5.74) is 7.59. The Labute approximate surface area is 265 Å². The van der Waals surface area contributed by atoms with Crippen LogP contribution in [-0.4, -0.2) is 83.6 Å². The first-order valence-corrected chi connectivity index (χ1v) is 15.6. The third-order valence-corrected chi connectivity index (χ3v) is 7.72. The number of rotatable bonds is 13. The summed E-state index contributed by atoms with van der Waals surface area (Å²) in [6.45, 7) is 7.81. The van der Waals surface area contributed by atoms with Gasteiger partial charge in [0.2, 0.25) is 11.8 Å². The molecule has 1 aliphatic heterocycles. The van der Waals surface area contributed by atoms with Gasteiger partial charge in [0.1, 0.15) is 6.10 Å². The van der Waals surface area contributed by atoms with Crippen LogP contribution in [0.5, 0.6) is 5.75 Å². The maximum Gasteiger partial charge on any atom is 0.317 e. The molecule has 0 saturated heterocycles. The molecule has 0 aromatic heterocycles. The molecule has 0 fully saturated rings. The van der Waals surface area contributed by atoms with Crippen LogP contribution in [0.3, 0.4) is 0 Å².